The van der Waals surface area contributed by atoms with E-state index in [1.165, 1.54) is 14.2 Å². The van der Waals surface area contributed by atoms with Crippen molar-refractivity contribution in [1.29, 1.82) is 10.5 Å². The minimum Gasteiger partial charge on any atom is -0.386 e. The van der Waals surface area contributed by atoms with E-state index in [4.69, 9.17) is 15.2 Å². The van der Waals surface area contributed by atoms with Crippen LogP contribution in [-0.2, 0) is 9.47 Å². The van der Waals surface area contributed by atoms with Gasteiger partial charge >= 0.3 is 0 Å². The van der Waals surface area contributed by atoms with Gasteiger partial charge < -0.3 is 20.1 Å². The zero-order valence-corrected chi connectivity index (χ0v) is 13.7. The van der Waals surface area contributed by atoms with Crippen molar-refractivity contribution in [1.82, 2.24) is 4.90 Å². The number of methoxy groups -OCH3 is 2. The van der Waals surface area contributed by atoms with E-state index in [2.05, 4.69) is 29.1 Å². The van der Waals surface area contributed by atoms with E-state index >= 15 is 0 Å². The van der Waals surface area contributed by atoms with E-state index < -0.39 is 22.2 Å². The predicted octanol–water partition coefficient (Wildman–Crippen LogP) is 0.580. The summed E-state index contributed by atoms with van der Waals surface area (Å²) in [4.78, 5) is 6.68. The molecule has 3 fully saturated rings. The molecular weight excluding hydrogens is 294 g/mol. The lowest BCUT2D eigenvalue weighted by Gasteiger charge is -2.41. The molecule has 122 valence electrons. The van der Waals surface area contributed by atoms with Gasteiger partial charge in [-0.05, 0) is 32.7 Å². The second kappa shape index (κ2) is 4.05. The molecule has 3 aliphatic heterocycles. The first-order chi connectivity index (χ1) is 11.0. The highest BCUT2D eigenvalue weighted by Crippen LogP contribution is 2.89. The summed E-state index contributed by atoms with van der Waals surface area (Å²) in [7, 11) is 5.05. The number of aliphatic imine (C=N–C) groups is 1. The number of rotatable bonds is 2. The number of hydrogen-bond acceptors (Lipinski definition) is 7. The quantitative estimate of drug-likeness (QED) is 0.747. The summed E-state index contributed by atoms with van der Waals surface area (Å²) in [6.45, 7) is 0. The van der Waals surface area contributed by atoms with Crippen LogP contribution in [0.3, 0.4) is 0 Å². The van der Waals surface area contributed by atoms with Crippen molar-refractivity contribution in [2.75, 3.05) is 21.3 Å². The summed E-state index contributed by atoms with van der Waals surface area (Å²) >= 11 is 0. The van der Waals surface area contributed by atoms with Crippen LogP contribution in [0, 0.1) is 38.9 Å². The van der Waals surface area contributed by atoms with Gasteiger partial charge in [-0.1, -0.05) is 0 Å². The molecule has 2 N–H and O–H groups in total. The Balaban J connectivity index is 1.93. The van der Waals surface area contributed by atoms with Gasteiger partial charge in [-0.25, -0.2) is 4.99 Å². The highest BCUT2D eigenvalue weighted by molar-refractivity contribution is 6.00. The first-order valence-electron chi connectivity index (χ1n) is 7.96. The molecule has 4 rings (SSSR count). The summed E-state index contributed by atoms with van der Waals surface area (Å²) in [6.07, 6.45) is 3.70. The van der Waals surface area contributed by atoms with Crippen LogP contribution in [0.2, 0.25) is 0 Å². The molecule has 7 nitrogen and oxygen atoms in total. The van der Waals surface area contributed by atoms with E-state index in [0.29, 0.717) is 12.1 Å². The summed E-state index contributed by atoms with van der Waals surface area (Å²) in [5, 5.41) is 20.2. The number of nitriles is 2. The second-order valence-electron chi connectivity index (χ2n) is 7.25. The lowest BCUT2D eigenvalue weighted by molar-refractivity contribution is -0.239. The number of fused-ring (bicyclic) bond motifs is 5. The van der Waals surface area contributed by atoms with Crippen molar-refractivity contribution < 1.29 is 9.47 Å². The van der Waals surface area contributed by atoms with Crippen molar-refractivity contribution in [3.8, 4) is 12.1 Å². The first kappa shape index (κ1) is 14.9. The minimum absolute atomic E-state index is 0.189. The monoisotopic (exact) mass is 315 g/mol. The van der Waals surface area contributed by atoms with Crippen LogP contribution in [0.25, 0.3) is 0 Å². The summed E-state index contributed by atoms with van der Waals surface area (Å²) in [5.41, 5.74) is 3.39. The van der Waals surface area contributed by atoms with Crippen LogP contribution in [0.1, 0.15) is 25.7 Å². The minimum atomic E-state index is -1.49. The number of nitrogens with two attached hydrogens (primary N) is 1. The Morgan fingerprint density at radius 2 is 1.74 bits per heavy atom. The average Bonchev–Trinajstić information content (AvgIpc) is 2.89. The molecule has 1 unspecified atom stereocenters. The third-order valence-corrected chi connectivity index (χ3v) is 7.10. The summed E-state index contributed by atoms with van der Waals surface area (Å²) in [6, 6.07) is 5.49. The van der Waals surface area contributed by atoms with Crippen LogP contribution >= 0.6 is 0 Å². The van der Waals surface area contributed by atoms with Crippen LogP contribution < -0.4 is 5.73 Å². The van der Waals surface area contributed by atoms with Crippen LogP contribution in [0.15, 0.2) is 4.99 Å². The molecule has 2 bridgehead atoms. The summed E-state index contributed by atoms with van der Waals surface area (Å²) < 4.78 is 11.1. The standard InChI is InChI=1S/C16H21N5O2/c1-21-10-4-5-11(21)7-13(6-10)14(8-17)12(19)20-16(22-2,23-3)15(13,14)9-18/h10-11H,4-7H2,1-3H3,(H2,19,20)/t10-,11+,13?,14-,15+/m1/s1. The van der Waals surface area contributed by atoms with Gasteiger partial charge in [0.1, 0.15) is 11.3 Å². The SMILES string of the molecule is COC1(OC)N=C(N)[C@]2(C#N)C3(C[C@H]4CC[C@@H](C3)N4C)[C@]12C#N. The van der Waals surface area contributed by atoms with E-state index in [1.807, 2.05) is 0 Å². The number of amidine groups is 1. The Morgan fingerprint density at radius 1 is 1.17 bits per heavy atom. The molecule has 5 atom stereocenters. The number of nitrogens with zero attached hydrogens (tertiary/aromatic N) is 4. The maximum absolute atomic E-state index is 10.2. The first-order valence-corrected chi connectivity index (χ1v) is 7.96. The lowest BCUT2D eigenvalue weighted by atomic mass is 9.77. The van der Waals surface area contributed by atoms with Crippen molar-refractivity contribution in [3.63, 3.8) is 0 Å². The molecule has 7 heteroatoms. The van der Waals surface area contributed by atoms with Crippen molar-refractivity contribution in [3.05, 3.63) is 0 Å². The van der Waals surface area contributed by atoms with Crippen molar-refractivity contribution >= 4 is 5.84 Å². The van der Waals surface area contributed by atoms with Gasteiger partial charge in [0, 0.05) is 31.7 Å². The third kappa shape index (κ3) is 1.11. The van der Waals surface area contributed by atoms with E-state index in [-0.39, 0.29) is 5.84 Å². The molecular formula is C16H21N5O2. The highest BCUT2D eigenvalue weighted by Gasteiger charge is 3.01. The number of ether oxygens (including phenoxy) is 2. The normalized spacial score (nSPS) is 49.3. The van der Waals surface area contributed by atoms with Crippen LogP contribution in [-0.4, -0.2) is 50.0 Å². The molecule has 0 radical (unpaired) electrons. The Morgan fingerprint density at radius 3 is 2.17 bits per heavy atom. The van der Waals surface area contributed by atoms with Gasteiger partial charge in [0.25, 0.3) is 5.91 Å². The fourth-order valence-electron chi connectivity index (χ4n) is 6.07. The van der Waals surface area contributed by atoms with Gasteiger partial charge in [0.05, 0.1) is 12.1 Å². The van der Waals surface area contributed by atoms with Crippen LogP contribution in [0.5, 0.6) is 0 Å². The number of piperidine rings is 1. The summed E-state index contributed by atoms with van der Waals surface area (Å²) in [5.74, 6) is -1.30. The number of hydrogen-bond donors (Lipinski definition) is 1. The molecule has 4 aliphatic rings. The van der Waals surface area contributed by atoms with E-state index in [0.717, 1.165) is 25.7 Å². The third-order valence-electron chi connectivity index (χ3n) is 7.10. The van der Waals surface area contributed by atoms with Crippen molar-refractivity contribution in [2.24, 2.45) is 27.0 Å². The van der Waals surface area contributed by atoms with E-state index in [1.54, 1.807) is 0 Å². The van der Waals surface area contributed by atoms with Gasteiger partial charge in [0.15, 0.2) is 5.41 Å². The molecule has 0 aromatic heterocycles. The molecule has 0 amide bonds. The Kier molecular flexibility index (Phi) is 2.62. The van der Waals surface area contributed by atoms with Crippen LogP contribution in [0.4, 0.5) is 0 Å². The molecule has 1 saturated carbocycles. The molecule has 0 aromatic carbocycles. The van der Waals surface area contributed by atoms with Crippen molar-refractivity contribution in [2.45, 2.75) is 43.7 Å². The zero-order valence-electron chi connectivity index (χ0n) is 13.7. The van der Waals surface area contributed by atoms with Gasteiger partial charge in [0.2, 0.25) is 0 Å². The smallest absolute Gasteiger partial charge is 0.292 e. The predicted molar refractivity (Wildman–Crippen MR) is 80.7 cm³/mol. The Labute approximate surface area is 135 Å². The molecule has 3 heterocycles. The molecule has 2 saturated heterocycles. The molecule has 1 spiro atoms. The second-order valence-corrected chi connectivity index (χ2v) is 7.25. The fourth-order valence-corrected chi connectivity index (χ4v) is 6.07. The fraction of sp³-hybridized carbons (Fsp3) is 0.812. The zero-order chi connectivity index (χ0) is 16.7. The molecule has 1 aliphatic carbocycles. The maximum atomic E-state index is 10.2. The maximum Gasteiger partial charge on any atom is 0.292 e. The average molecular weight is 315 g/mol. The lowest BCUT2D eigenvalue weighted by Crippen LogP contribution is -2.49. The Hall–Kier alpha value is -1.67. The molecule has 0 aromatic rings. The topological polar surface area (TPSA) is 108 Å². The molecule has 23 heavy (non-hydrogen) atoms. The van der Waals surface area contributed by atoms with E-state index in [9.17, 15) is 10.5 Å². The Bertz CT molecular complexity index is 674. The van der Waals surface area contributed by atoms with Gasteiger partial charge in [-0.3, -0.25) is 0 Å². The highest BCUT2D eigenvalue weighted by atomic mass is 16.7. The van der Waals surface area contributed by atoms with Gasteiger partial charge in [-0.15, -0.1) is 0 Å². The van der Waals surface area contributed by atoms with Gasteiger partial charge in [-0.2, -0.15) is 10.5 Å². The largest absolute Gasteiger partial charge is 0.386 e.